The Hall–Kier alpha value is -2.70. The molecular weight excluding hydrogens is 368 g/mol. The van der Waals surface area contributed by atoms with Crippen LogP contribution in [0.5, 0.6) is 0 Å². The molecule has 4 rings (SSSR count). The highest BCUT2D eigenvalue weighted by molar-refractivity contribution is 7.98. The van der Waals surface area contributed by atoms with Gasteiger partial charge < -0.3 is 4.52 Å². The van der Waals surface area contributed by atoms with E-state index in [1.807, 2.05) is 54.6 Å². The van der Waals surface area contributed by atoms with Crippen molar-refractivity contribution in [3.8, 4) is 22.6 Å². The Morgan fingerprint density at radius 2 is 1.65 bits per heavy atom. The number of halogens is 1. The quantitative estimate of drug-likeness (QED) is 0.447. The summed E-state index contributed by atoms with van der Waals surface area (Å²) in [5, 5.41) is 14.0. The van der Waals surface area contributed by atoms with E-state index in [0.29, 0.717) is 22.5 Å². The first kappa shape index (κ1) is 16.8. The minimum Gasteiger partial charge on any atom is -0.338 e. The Morgan fingerprint density at radius 1 is 0.846 bits per heavy atom. The van der Waals surface area contributed by atoms with Gasteiger partial charge in [0, 0.05) is 16.1 Å². The number of benzene rings is 2. The first-order valence-electron chi connectivity index (χ1n) is 7.88. The van der Waals surface area contributed by atoms with E-state index in [1.54, 1.807) is 12.1 Å². The molecule has 0 aliphatic carbocycles. The lowest BCUT2D eigenvalue weighted by Gasteiger charge is -2.01. The molecule has 2 heterocycles. The average Bonchev–Trinajstić information content (AvgIpc) is 3.17. The van der Waals surface area contributed by atoms with Gasteiger partial charge in [-0.05, 0) is 36.4 Å². The van der Waals surface area contributed by atoms with E-state index in [0.717, 1.165) is 21.8 Å². The van der Waals surface area contributed by atoms with Crippen LogP contribution in [0, 0.1) is 0 Å². The largest absolute Gasteiger partial charge is 0.338 e. The molecule has 4 aromatic rings. The molecule has 5 nitrogen and oxygen atoms in total. The molecule has 26 heavy (non-hydrogen) atoms. The predicted octanol–water partition coefficient (Wildman–Crippen LogP) is 5.14. The smallest absolute Gasteiger partial charge is 0.237 e. The van der Waals surface area contributed by atoms with Crippen molar-refractivity contribution in [2.75, 3.05) is 0 Å². The van der Waals surface area contributed by atoms with Gasteiger partial charge in [0.05, 0.1) is 11.4 Å². The molecule has 0 N–H and O–H groups in total. The number of thioether (sulfide) groups is 1. The van der Waals surface area contributed by atoms with E-state index in [1.165, 1.54) is 11.8 Å². The molecule has 0 atom stereocenters. The molecule has 0 aliphatic rings. The van der Waals surface area contributed by atoms with Gasteiger partial charge in [0.15, 0.2) is 0 Å². The van der Waals surface area contributed by atoms with Crippen molar-refractivity contribution in [3.63, 3.8) is 0 Å². The molecule has 0 radical (unpaired) electrons. The number of aromatic nitrogens is 4. The van der Waals surface area contributed by atoms with Crippen LogP contribution in [0.4, 0.5) is 0 Å². The molecule has 0 saturated carbocycles. The summed E-state index contributed by atoms with van der Waals surface area (Å²) in [6.45, 7) is 0. The van der Waals surface area contributed by atoms with Crippen LogP contribution in [0.15, 0.2) is 76.3 Å². The third-order valence-electron chi connectivity index (χ3n) is 3.62. The van der Waals surface area contributed by atoms with Gasteiger partial charge >= 0.3 is 0 Å². The predicted molar refractivity (Wildman–Crippen MR) is 102 cm³/mol. The number of hydrogen-bond acceptors (Lipinski definition) is 6. The van der Waals surface area contributed by atoms with E-state index >= 15 is 0 Å². The van der Waals surface area contributed by atoms with Crippen molar-refractivity contribution in [3.05, 3.63) is 77.6 Å². The van der Waals surface area contributed by atoms with Gasteiger partial charge in [-0.15, -0.1) is 10.2 Å². The lowest BCUT2D eigenvalue weighted by Crippen LogP contribution is -1.90. The zero-order valence-electron chi connectivity index (χ0n) is 13.5. The van der Waals surface area contributed by atoms with Crippen LogP contribution in [0.1, 0.15) is 5.89 Å². The Bertz CT molecular complexity index is 988. The molecule has 0 unspecified atom stereocenters. The maximum absolute atomic E-state index is 5.89. The fourth-order valence-corrected chi connectivity index (χ4v) is 3.10. The van der Waals surface area contributed by atoms with Gasteiger partial charge in [0.1, 0.15) is 5.03 Å². The summed E-state index contributed by atoms with van der Waals surface area (Å²) in [7, 11) is 0. The van der Waals surface area contributed by atoms with E-state index in [9.17, 15) is 0 Å². The molecule has 0 spiro atoms. The minimum absolute atomic E-state index is 0.528. The Kier molecular flexibility index (Phi) is 4.95. The molecule has 2 aromatic carbocycles. The highest BCUT2D eigenvalue weighted by Gasteiger charge is 2.10. The van der Waals surface area contributed by atoms with Gasteiger partial charge in [0.2, 0.25) is 11.7 Å². The topological polar surface area (TPSA) is 64.7 Å². The summed E-state index contributed by atoms with van der Waals surface area (Å²) < 4.78 is 5.30. The molecular formula is C19H13ClN4OS. The Morgan fingerprint density at radius 3 is 2.38 bits per heavy atom. The summed E-state index contributed by atoms with van der Waals surface area (Å²) >= 11 is 7.39. The van der Waals surface area contributed by atoms with Crippen molar-refractivity contribution in [2.24, 2.45) is 0 Å². The van der Waals surface area contributed by atoms with E-state index in [-0.39, 0.29) is 0 Å². The average molecular weight is 381 g/mol. The van der Waals surface area contributed by atoms with Crippen molar-refractivity contribution in [1.29, 1.82) is 0 Å². The fraction of sp³-hybridized carbons (Fsp3) is 0.0526. The van der Waals surface area contributed by atoms with Crippen molar-refractivity contribution >= 4 is 23.4 Å². The second kappa shape index (κ2) is 7.68. The normalized spacial score (nSPS) is 10.8. The second-order valence-corrected chi connectivity index (χ2v) is 6.86. The first-order valence-corrected chi connectivity index (χ1v) is 9.25. The van der Waals surface area contributed by atoms with Crippen LogP contribution in [-0.2, 0) is 5.75 Å². The van der Waals surface area contributed by atoms with Crippen LogP contribution < -0.4 is 0 Å². The standard InChI is InChI=1S/C19H13ClN4OS/c20-15-8-6-14(7-9-15)19-21-17(25-24-19)12-26-18-11-10-16(22-23-18)13-4-2-1-3-5-13/h1-11H,12H2. The van der Waals surface area contributed by atoms with Gasteiger partial charge in [-0.1, -0.05) is 58.9 Å². The Balaban J connectivity index is 1.41. The van der Waals surface area contributed by atoms with Crippen molar-refractivity contribution < 1.29 is 4.52 Å². The van der Waals surface area contributed by atoms with Crippen LogP contribution in [0.3, 0.4) is 0 Å². The summed E-state index contributed by atoms with van der Waals surface area (Å²) in [6, 6.07) is 21.2. The lowest BCUT2D eigenvalue weighted by molar-refractivity contribution is 0.391. The highest BCUT2D eigenvalue weighted by atomic mass is 35.5. The number of rotatable bonds is 5. The molecule has 0 aliphatic heterocycles. The monoisotopic (exact) mass is 380 g/mol. The zero-order valence-corrected chi connectivity index (χ0v) is 15.1. The SMILES string of the molecule is Clc1ccc(-c2noc(CSc3ccc(-c4ccccc4)nn3)n2)cc1. The third kappa shape index (κ3) is 3.92. The Labute approximate surface area is 159 Å². The van der Waals surface area contributed by atoms with E-state index < -0.39 is 0 Å². The number of hydrogen-bond donors (Lipinski definition) is 0. The number of nitrogens with zero attached hydrogens (tertiary/aromatic N) is 4. The van der Waals surface area contributed by atoms with Crippen molar-refractivity contribution in [2.45, 2.75) is 10.8 Å². The van der Waals surface area contributed by atoms with Crippen LogP contribution in [0.2, 0.25) is 5.02 Å². The third-order valence-corrected chi connectivity index (χ3v) is 4.78. The molecule has 0 fully saturated rings. The first-order chi connectivity index (χ1) is 12.8. The second-order valence-electron chi connectivity index (χ2n) is 5.43. The maximum Gasteiger partial charge on any atom is 0.237 e. The molecule has 0 saturated heterocycles. The van der Waals surface area contributed by atoms with Crippen LogP contribution in [-0.4, -0.2) is 20.3 Å². The van der Waals surface area contributed by atoms with Gasteiger partial charge in [0.25, 0.3) is 0 Å². The van der Waals surface area contributed by atoms with Crippen molar-refractivity contribution in [1.82, 2.24) is 20.3 Å². The highest BCUT2D eigenvalue weighted by Crippen LogP contribution is 2.24. The summed E-state index contributed by atoms with van der Waals surface area (Å²) in [6.07, 6.45) is 0. The summed E-state index contributed by atoms with van der Waals surface area (Å²) in [5.74, 6) is 1.61. The fourth-order valence-electron chi connectivity index (χ4n) is 2.33. The van der Waals surface area contributed by atoms with Crippen LogP contribution >= 0.6 is 23.4 Å². The van der Waals surface area contributed by atoms with Gasteiger partial charge in [-0.3, -0.25) is 0 Å². The molecule has 0 amide bonds. The lowest BCUT2D eigenvalue weighted by atomic mass is 10.1. The minimum atomic E-state index is 0.528. The van der Waals surface area contributed by atoms with E-state index in [4.69, 9.17) is 16.1 Å². The van der Waals surface area contributed by atoms with Crippen LogP contribution in [0.25, 0.3) is 22.6 Å². The molecule has 0 bridgehead atoms. The summed E-state index contributed by atoms with van der Waals surface area (Å²) in [4.78, 5) is 4.40. The van der Waals surface area contributed by atoms with E-state index in [2.05, 4.69) is 20.3 Å². The zero-order chi connectivity index (χ0) is 17.8. The summed E-state index contributed by atoms with van der Waals surface area (Å²) in [5.41, 5.74) is 2.75. The van der Waals surface area contributed by atoms with Gasteiger partial charge in [-0.2, -0.15) is 4.98 Å². The maximum atomic E-state index is 5.89. The molecule has 2 aromatic heterocycles. The molecule has 128 valence electrons. The molecule has 7 heteroatoms. The van der Waals surface area contributed by atoms with Gasteiger partial charge in [-0.25, -0.2) is 0 Å².